The number of rotatable bonds is 5. The second-order valence-corrected chi connectivity index (χ2v) is 6.78. The smallest absolute Gasteiger partial charge is 0.315 e. The summed E-state index contributed by atoms with van der Waals surface area (Å²) in [4.78, 5) is 16.1. The summed E-state index contributed by atoms with van der Waals surface area (Å²) in [5.41, 5.74) is 0.783. The van der Waals surface area contributed by atoms with Crippen molar-refractivity contribution >= 4 is 6.03 Å². The molecule has 0 bridgehead atoms. The summed E-state index contributed by atoms with van der Waals surface area (Å²) in [5, 5.41) is 9.78. The topological polar surface area (TPSA) is 71.8 Å². The Balaban J connectivity index is 1.82. The van der Waals surface area contributed by atoms with E-state index in [2.05, 4.69) is 20.7 Å². The molecule has 6 nitrogen and oxygen atoms in total. The van der Waals surface area contributed by atoms with Crippen LogP contribution in [0.15, 0.2) is 30.6 Å². The van der Waals surface area contributed by atoms with Crippen LogP contribution in [-0.4, -0.2) is 27.3 Å². The van der Waals surface area contributed by atoms with Gasteiger partial charge in [-0.2, -0.15) is 5.10 Å². The first-order valence-electron chi connectivity index (χ1n) is 7.94. The van der Waals surface area contributed by atoms with Crippen molar-refractivity contribution < 1.29 is 9.18 Å². The molecular formula is C17H24FN5O. The lowest BCUT2D eigenvalue weighted by atomic mass is 10.0. The van der Waals surface area contributed by atoms with Crippen molar-refractivity contribution in [3.05, 3.63) is 47.8 Å². The summed E-state index contributed by atoms with van der Waals surface area (Å²) in [6.45, 7) is 8.81. The number of carbonyl (C=O) groups is 1. The second-order valence-electron chi connectivity index (χ2n) is 6.78. The number of halogens is 1. The lowest BCUT2D eigenvalue weighted by Gasteiger charge is -2.21. The molecule has 2 rings (SSSR count). The average Bonchev–Trinajstić information content (AvgIpc) is 3.00. The van der Waals surface area contributed by atoms with Crippen LogP contribution in [0.2, 0.25) is 0 Å². The zero-order valence-electron chi connectivity index (χ0n) is 14.5. The van der Waals surface area contributed by atoms with Gasteiger partial charge in [-0.1, -0.05) is 19.1 Å². The van der Waals surface area contributed by atoms with Crippen molar-refractivity contribution in [2.45, 2.75) is 45.7 Å². The molecular weight excluding hydrogens is 309 g/mol. The van der Waals surface area contributed by atoms with E-state index in [0.717, 1.165) is 5.56 Å². The fourth-order valence-corrected chi connectivity index (χ4v) is 2.32. The maximum absolute atomic E-state index is 12.9. The molecule has 2 aromatic rings. The van der Waals surface area contributed by atoms with Crippen LogP contribution in [0, 0.1) is 5.82 Å². The standard InChI is InChI=1S/C17H24FN5O/c1-12(13-5-7-14(18)8-6-13)9-19-16(24)20-10-15-21-11-22-23(15)17(2,3)4/h5-8,11-12H,9-10H2,1-4H3,(H2,19,20,24)/t12-/m1/s1. The minimum absolute atomic E-state index is 0.0922. The Morgan fingerprint density at radius 2 is 1.92 bits per heavy atom. The maximum atomic E-state index is 12.9. The van der Waals surface area contributed by atoms with Gasteiger partial charge in [0.25, 0.3) is 0 Å². The number of hydrogen-bond acceptors (Lipinski definition) is 3. The molecule has 1 heterocycles. The molecule has 0 saturated carbocycles. The Kier molecular flexibility index (Phi) is 5.54. The van der Waals surface area contributed by atoms with Crippen LogP contribution in [0.5, 0.6) is 0 Å². The minimum atomic E-state index is -0.271. The number of benzene rings is 1. The van der Waals surface area contributed by atoms with Crippen molar-refractivity contribution in [1.29, 1.82) is 0 Å². The van der Waals surface area contributed by atoms with E-state index in [0.29, 0.717) is 18.9 Å². The minimum Gasteiger partial charge on any atom is -0.338 e. The van der Waals surface area contributed by atoms with Crippen LogP contribution >= 0.6 is 0 Å². The maximum Gasteiger partial charge on any atom is 0.315 e. The summed E-state index contributed by atoms with van der Waals surface area (Å²) in [7, 11) is 0. The molecule has 0 aliphatic heterocycles. The highest BCUT2D eigenvalue weighted by molar-refractivity contribution is 5.73. The van der Waals surface area contributed by atoms with Crippen molar-refractivity contribution in [2.24, 2.45) is 0 Å². The van der Waals surface area contributed by atoms with Crippen LogP contribution in [0.3, 0.4) is 0 Å². The fourth-order valence-electron chi connectivity index (χ4n) is 2.32. The molecule has 0 aliphatic carbocycles. The third kappa shape index (κ3) is 4.78. The molecule has 0 saturated heterocycles. The molecule has 24 heavy (non-hydrogen) atoms. The molecule has 1 aromatic heterocycles. The van der Waals surface area contributed by atoms with Gasteiger partial charge in [-0.15, -0.1) is 0 Å². The number of amides is 2. The van der Waals surface area contributed by atoms with E-state index in [9.17, 15) is 9.18 Å². The second kappa shape index (κ2) is 7.42. The molecule has 1 aromatic carbocycles. The molecule has 2 amide bonds. The molecule has 7 heteroatoms. The first-order chi connectivity index (χ1) is 11.3. The monoisotopic (exact) mass is 333 g/mol. The summed E-state index contributed by atoms with van der Waals surface area (Å²) in [6, 6.07) is 6.03. The average molecular weight is 333 g/mol. The van der Waals surface area contributed by atoms with Gasteiger partial charge in [0.05, 0.1) is 12.1 Å². The van der Waals surface area contributed by atoms with Gasteiger partial charge in [0.15, 0.2) is 0 Å². The Hall–Kier alpha value is -2.44. The number of nitrogens with one attached hydrogen (secondary N) is 2. The largest absolute Gasteiger partial charge is 0.338 e. The lowest BCUT2D eigenvalue weighted by Crippen LogP contribution is -2.38. The van der Waals surface area contributed by atoms with E-state index in [4.69, 9.17) is 0 Å². The van der Waals surface area contributed by atoms with E-state index < -0.39 is 0 Å². The van der Waals surface area contributed by atoms with E-state index in [1.54, 1.807) is 16.8 Å². The summed E-state index contributed by atoms with van der Waals surface area (Å²) >= 11 is 0. The van der Waals surface area contributed by atoms with Gasteiger partial charge in [0.2, 0.25) is 0 Å². The van der Waals surface area contributed by atoms with E-state index in [1.807, 2.05) is 27.7 Å². The molecule has 130 valence electrons. The van der Waals surface area contributed by atoms with Gasteiger partial charge in [-0.25, -0.2) is 18.9 Å². The zero-order chi connectivity index (χ0) is 17.7. The Bertz CT molecular complexity index is 675. The number of hydrogen-bond donors (Lipinski definition) is 2. The summed E-state index contributed by atoms with van der Waals surface area (Å²) in [6.07, 6.45) is 1.48. The Labute approximate surface area is 141 Å². The van der Waals surface area contributed by atoms with Crippen LogP contribution < -0.4 is 10.6 Å². The number of nitrogens with zero attached hydrogens (tertiary/aromatic N) is 3. The third-order valence-corrected chi connectivity index (χ3v) is 3.67. The Morgan fingerprint density at radius 1 is 1.25 bits per heavy atom. The van der Waals surface area contributed by atoms with Gasteiger partial charge in [-0.3, -0.25) is 0 Å². The third-order valence-electron chi connectivity index (χ3n) is 3.67. The van der Waals surface area contributed by atoms with Gasteiger partial charge >= 0.3 is 6.03 Å². The Morgan fingerprint density at radius 3 is 2.54 bits per heavy atom. The van der Waals surface area contributed by atoms with Crippen molar-refractivity contribution in [3.8, 4) is 0 Å². The first kappa shape index (κ1) is 17.9. The predicted octanol–water partition coefficient (Wildman–Crippen LogP) is 2.78. The van der Waals surface area contributed by atoms with E-state index in [1.165, 1.54) is 18.5 Å². The van der Waals surface area contributed by atoms with Crippen LogP contribution in [0.1, 0.15) is 45.0 Å². The number of aromatic nitrogens is 3. The molecule has 0 radical (unpaired) electrons. The molecule has 0 aliphatic rings. The van der Waals surface area contributed by atoms with Crippen LogP contribution in [-0.2, 0) is 12.1 Å². The van der Waals surface area contributed by atoms with Gasteiger partial charge in [0.1, 0.15) is 18.0 Å². The van der Waals surface area contributed by atoms with E-state index in [-0.39, 0.29) is 23.3 Å². The zero-order valence-corrected chi connectivity index (χ0v) is 14.5. The highest BCUT2D eigenvalue weighted by Crippen LogP contribution is 2.15. The van der Waals surface area contributed by atoms with Crippen LogP contribution in [0.25, 0.3) is 0 Å². The van der Waals surface area contributed by atoms with Gasteiger partial charge < -0.3 is 10.6 Å². The first-order valence-corrected chi connectivity index (χ1v) is 7.94. The number of urea groups is 1. The summed E-state index contributed by atoms with van der Waals surface area (Å²) < 4.78 is 14.7. The molecule has 0 unspecified atom stereocenters. The highest BCUT2D eigenvalue weighted by atomic mass is 19.1. The lowest BCUT2D eigenvalue weighted by molar-refractivity contribution is 0.238. The molecule has 2 N–H and O–H groups in total. The number of carbonyl (C=O) groups excluding carboxylic acids is 1. The highest BCUT2D eigenvalue weighted by Gasteiger charge is 2.18. The quantitative estimate of drug-likeness (QED) is 0.884. The van der Waals surface area contributed by atoms with Crippen LogP contribution in [0.4, 0.5) is 9.18 Å². The van der Waals surface area contributed by atoms with Crippen molar-refractivity contribution in [1.82, 2.24) is 25.4 Å². The fraction of sp³-hybridized carbons (Fsp3) is 0.471. The molecule has 0 spiro atoms. The van der Waals surface area contributed by atoms with Crippen molar-refractivity contribution in [2.75, 3.05) is 6.54 Å². The van der Waals surface area contributed by atoms with Gasteiger partial charge in [0, 0.05) is 6.54 Å². The molecule has 1 atom stereocenters. The SMILES string of the molecule is C[C@H](CNC(=O)NCc1ncnn1C(C)(C)C)c1ccc(F)cc1. The van der Waals surface area contributed by atoms with Crippen molar-refractivity contribution in [3.63, 3.8) is 0 Å². The van der Waals surface area contributed by atoms with E-state index >= 15 is 0 Å². The summed E-state index contributed by atoms with van der Waals surface area (Å²) in [5.74, 6) is 0.526. The predicted molar refractivity (Wildman–Crippen MR) is 90.1 cm³/mol. The van der Waals surface area contributed by atoms with Gasteiger partial charge in [-0.05, 0) is 44.4 Å². The normalized spacial score (nSPS) is 12.7. The molecule has 0 fully saturated rings.